The number of nitrogens with zero attached hydrogens (tertiary/aromatic N) is 2. The number of piperidine rings is 1. The van der Waals surface area contributed by atoms with E-state index in [-0.39, 0.29) is 11.9 Å². The van der Waals surface area contributed by atoms with E-state index in [4.69, 9.17) is 0 Å². The molecule has 112 valence electrons. The first kappa shape index (κ1) is 13.1. The molecule has 1 amide bonds. The van der Waals surface area contributed by atoms with Crippen molar-refractivity contribution in [2.75, 3.05) is 31.5 Å². The molecule has 0 spiro atoms. The Hall–Kier alpha value is -1.55. The van der Waals surface area contributed by atoms with Crippen molar-refractivity contribution in [3.63, 3.8) is 0 Å². The van der Waals surface area contributed by atoms with Gasteiger partial charge in [-0.15, -0.1) is 0 Å². The third-order valence-corrected chi connectivity index (χ3v) is 5.22. The normalized spacial score (nSPS) is 28.7. The van der Waals surface area contributed by atoms with Gasteiger partial charge in [0.2, 0.25) is 5.91 Å². The van der Waals surface area contributed by atoms with Crippen LogP contribution >= 0.6 is 0 Å². The highest BCUT2D eigenvalue weighted by atomic mass is 16.2. The molecule has 1 aromatic carbocycles. The van der Waals surface area contributed by atoms with Crippen LogP contribution in [0.2, 0.25) is 0 Å². The largest absolute Gasteiger partial charge is 0.373 e. The van der Waals surface area contributed by atoms with Crippen LogP contribution in [0.15, 0.2) is 24.3 Å². The number of carbonyl (C=O) groups is 1. The smallest absolute Gasteiger partial charge is 0.245 e. The summed E-state index contributed by atoms with van der Waals surface area (Å²) < 4.78 is 0. The zero-order chi connectivity index (χ0) is 14.2. The van der Waals surface area contributed by atoms with Gasteiger partial charge in [0.15, 0.2) is 0 Å². The van der Waals surface area contributed by atoms with Crippen LogP contribution in [0, 0.1) is 0 Å². The standard InChI is InChI=1S/C17H23N3O/c21-17(16-11-13-5-1-2-7-15(13)18-16)20-10-9-19-8-4-3-6-14(19)12-20/h1-2,5,7,14,16,18H,3-4,6,8-12H2/t14?,16-/m0/s1. The predicted molar refractivity (Wildman–Crippen MR) is 83.3 cm³/mol. The van der Waals surface area contributed by atoms with Crippen LogP contribution in [0.25, 0.3) is 0 Å². The number of rotatable bonds is 1. The highest BCUT2D eigenvalue weighted by molar-refractivity contribution is 5.87. The summed E-state index contributed by atoms with van der Waals surface area (Å²) in [5, 5.41) is 3.40. The van der Waals surface area contributed by atoms with Crippen molar-refractivity contribution in [3.8, 4) is 0 Å². The van der Waals surface area contributed by atoms with E-state index in [1.54, 1.807) is 0 Å². The number of hydrogen-bond acceptors (Lipinski definition) is 3. The molecule has 2 fully saturated rings. The average Bonchev–Trinajstić information content (AvgIpc) is 2.97. The van der Waals surface area contributed by atoms with Crippen molar-refractivity contribution in [1.82, 2.24) is 9.80 Å². The number of amides is 1. The molecule has 0 aromatic heterocycles. The highest BCUT2D eigenvalue weighted by Gasteiger charge is 2.35. The molecule has 1 N–H and O–H groups in total. The van der Waals surface area contributed by atoms with Gasteiger partial charge in [0.05, 0.1) is 0 Å². The van der Waals surface area contributed by atoms with Crippen molar-refractivity contribution < 1.29 is 4.79 Å². The number of piperazine rings is 1. The van der Waals surface area contributed by atoms with Crippen LogP contribution < -0.4 is 5.32 Å². The van der Waals surface area contributed by atoms with Gasteiger partial charge in [-0.2, -0.15) is 0 Å². The number of fused-ring (bicyclic) bond motifs is 2. The van der Waals surface area contributed by atoms with Crippen molar-refractivity contribution in [2.24, 2.45) is 0 Å². The lowest BCUT2D eigenvalue weighted by atomic mass is 9.99. The fourth-order valence-electron chi connectivity index (χ4n) is 4.02. The first-order chi connectivity index (χ1) is 10.3. The molecule has 4 heteroatoms. The lowest BCUT2D eigenvalue weighted by Gasteiger charge is -2.44. The van der Waals surface area contributed by atoms with Crippen molar-refractivity contribution in [3.05, 3.63) is 29.8 Å². The van der Waals surface area contributed by atoms with E-state index in [0.717, 1.165) is 31.7 Å². The van der Waals surface area contributed by atoms with E-state index in [1.165, 1.54) is 31.4 Å². The molecule has 0 aliphatic carbocycles. The molecule has 2 saturated heterocycles. The van der Waals surface area contributed by atoms with Crippen molar-refractivity contribution >= 4 is 11.6 Å². The Balaban J connectivity index is 1.42. The minimum absolute atomic E-state index is 0.0578. The lowest BCUT2D eigenvalue weighted by molar-refractivity contribution is -0.135. The number of benzene rings is 1. The van der Waals surface area contributed by atoms with Crippen LogP contribution in [-0.2, 0) is 11.2 Å². The van der Waals surface area contributed by atoms with Gasteiger partial charge in [-0.3, -0.25) is 9.69 Å². The second kappa shape index (κ2) is 5.34. The number of carbonyl (C=O) groups excluding carboxylic acids is 1. The highest BCUT2D eigenvalue weighted by Crippen LogP contribution is 2.27. The maximum atomic E-state index is 12.8. The number of hydrogen-bond donors (Lipinski definition) is 1. The molecule has 0 bridgehead atoms. The molecule has 0 saturated carbocycles. The average molecular weight is 285 g/mol. The third-order valence-electron chi connectivity index (χ3n) is 5.22. The summed E-state index contributed by atoms with van der Waals surface area (Å²) in [6.07, 6.45) is 4.72. The maximum Gasteiger partial charge on any atom is 0.245 e. The molecule has 1 unspecified atom stereocenters. The Bertz CT molecular complexity index is 520. The van der Waals surface area contributed by atoms with Crippen molar-refractivity contribution in [1.29, 1.82) is 0 Å². The first-order valence-corrected chi connectivity index (χ1v) is 8.18. The summed E-state index contributed by atoms with van der Waals surface area (Å²) >= 11 is 0. The molecule has 2 atom stereocenters. The van der Waals surface area contributed by atoms with Crippen molar-refractivity contribution in [2.45, 2.75) is 37.8 Å². The van der Waals surface area contributed by atoms with Gasteiger partial charge in [0, 0.05) is 37.8 Å². The van der Waals surface area contributed by atoms with Crippen LogP contribution in [0.1, 0.15) is 24.8 Å². The van der Waals surface area contributed by atoms with E-state index in [0.29, 0.717) is 6.04 Å². The first-order valence-electron chi connectivity index (χ1n) is 8.18. The molecule has 0 radical (unpaired) electrons. The minimum atomic E-state index is -0.0578. The van der Waals surface area contributed by atoms with Gasteiger partial charge in [-0.05, 0) is 31.0 Å². The van der Waals surface area contributed by atoms with Gasteiger partial charge in [0.25, 0.3) is 0 Å². The molecule has 1 aromatic rings. The predicted octanol–water partition coefficient (Wildman–Crippen LogP) is 1.72. The summed E-state index contributed by atoms with van der Waals surface area (Å²) in [4.78, 5) is 17.5. The Kier molecular flexibility index (Phi) is 3.34. The van der Waals surface area contributed by atoms with E-state index in [2.05, 4.69) is 27.2 Å². The molecule has 4 nitrogen and oxygen atoms in total. The van der Waals surface area contributed by atoms with Gasteiger partial charge in [0.1, 0.15) is 6.04 Å². The zero-order valence-corrected chi connectivity index (χ0v) is 12.4. The maximum absolute atomic E-state index is 12.8. The van der Waals surface area contributed by atoms with E-state index >= 15 is 0 Å². The zero-order valence-electron chi connectivity index (χ0n) is 12.4. The SMILES string of the molecule is O=C([C@@H]1Cc2ccccc2N1)N1CCN2CCCCC2C1. The van der Waals surface area contributed by atoms with Crippen LogP contribution in [0.3, 0.4) is 0 Å². The Labute approximate surface area is 126 Å². The molecule has 21 heavy (non-hydrogen) atoms. The fraction of sp³-hybridized carbons (Fsp3) is 0.588. The number of para-hydroxylation sites is 1. The lowest BCUT2D eigenvalue weighted by Crippen LogP contribution is -2.58. The van der Waals surface area contributed by atoms with Gasteiger partial charge < -0.3 is 10.2 Å². The number of anilines is 1. The second-order valence-electron chi connectivity index (χ2n) is 6.53. The number of nitrogens with one attached hydrogen (secondary N) is 1. The Morgan fingerprint density at radius 3 is 2.95 bits per heavy atom. The summed E-state index contributed by atoms with van der Waals surface area (Å²) in [6.45, 7) is 4.09. The monoisotopic (exact) mass is 285 g/mol. The Morgan fingerprint density at radius 1 is 1.14 bits per heavy atom. The second-order valence-corrected chi connectivity index (χ2v) is 6.53. The molecule has 4 rings (SSSR count). The van der Waals surface area contributed by atoms with E-state index in [1.807, 2.05) is 12.1 Å². The van der Waals surface area contributed by atoms with Gasteiger partial charge >= 0.3 is 0 Å². The van der Waals surface area contributed by atoms with Gasteiger partial charge in [-0.25, -0.2) is 0 Å². The minimum Gasteiger partial charge on any atom is -0.373 e. The molecular weight excluding hydrogens is 262 g/mol. The summed E-state index contributed by atoms with van der Waals surface area (Å²) in [6, 6.07) is 8.81. The summed E-state index contributed by atoms with van der Waals surface area (Å²) in [5.41, 5.74) is 2.40. The quantitative estimate of drug-likeness (QED) is 0.853. The van der Waals surface area contributed by atoms with E-state index < -0.39 is 0 Å². The van der Waals surface area contributed by atoms with Crippen LogP contribution in [0.5, 0.6) is 0 Å². The van der Waals surface area contributed by atoms with Gasteiger partial charge in [-0.1, -0.05) is 24.6 Å². The topological polar surface area (TPSA) is 35.6 Å². The molecule has 3 heterocycles. The third kappa shape index (κ3) is 2.42. The molecule has 3 aliphatic rings. The summed E-state index contributed by atoms with van der Waals surface area (Å²) in [7, 11) is 0. The Morgan fingerprint density at radius 2 is 2.05 bits per heavy atom. The summed E-state index contributed by atoms with van der Waals surface area (Å²) in [5.74, 6) is 0.288. The van der Waals surface area contributed by atoms with Crippen LogP contribution in [-0.4, -0.2) is 54.0 Å². The molecular formula is C17H23N3O. The molecule has 3 aliphatic heterocycles. The van der Waals surface area contributed by atoms with E-state index in [9.17, 15) is 4.79 Å². The fourth-order valence-corrected chi connectivity index (χ4v) is 4.02. The van der Waals surface area contributed by atoms with Crippen LogP contribution in [0.4, 0.5) is 5.69 Å².